The number of carbonyl (C=O) groups excluding carboxylic acids is 3. The molecule has 0 radical (unpaired) electrons. The van der Waals surface area contributed by atoms with Gasteiger partial charge < -0.3 is 16.0 Å². The Morgan fingerprint density at radius 3 is 1.76 bits per heavy atom. The van der Waals surface area contributed by atoms with Gasteiger partial charge in [0.2, 0.25) is 11.8 Å². The molecule has 1 saturated carbocycles. The Morgan fingerprint density at radius 2 is 1.28 bits per heavy atom. The lowest BCUT2D eigenvalue weighted by Gasteiger charge is -2.21. The maximum absolute atomic E-state index is 12.7. The molecule has 3 N–H and O–H groups in total. The van der Waals surface area contributed by atoms with E-state index < -0.39 is 0 Å². The number of anilines is 2. The second kappa shape index (κ2) is 9.20. The lowest BCUT2D eigenvalue weighted by Crippen LogP contribution is -2.35. The molecule has 0 saturated heterocycles. The van der Waals surface area contributed by atoms with Crippen LogP contribution in [0.4, 0.5) is 11.4 Å². The van der Waals surface area contributed by atoms with Crippen molar-refractivity contribution in [2.24, 2.45) is 0 Å². The lowest BCUT2D eigenvalue weighted by atomic mass is 9.96. The van der Waals surface area contributed by atoms with E-state index in [1.165, 1.54) is 33.1 Å². The third-order valence-electron chi connectivity index (χ3n) is 4.28. The molecule has 2 rings (SSSR count). The van der Waals surface area contributed by atoms with Gasteiger partial charge in [0, 0.05) is 36.8 Å². The molecule has 0 spiro atoms. The summed E-state index contributed by atoms with van der Waals surface area (Å²) < 4.78 is 0. The molecule has 1 aliphatic carbocycles. The van der Waals surface area contributed by atoms with Crippen LogP contribution in [0, 0.1) is 0 Å². The predicted octanol–water partition coefficient (Wildman–Crippen LogP) is 3.45. The van der Waals surface area contributed by atoms with Crippen LogP contribution in [0.2, 0.25) is 0 Å². The van der Waals surface area contributed by atoms with Crippen molar-refractivity contribution in [1.82, 2.24) is 5.32 Å². The highest BCUT2D eigenvalue weighted by molar-refractivity contribution is 6.00. The number of hydrogen-bond acceptors (Lipinski definition) is 3. The molecular formula is C19H27N3O3. The highest BCUT2D eigenvalue weighted by Crippen LogP contribution is 2.21. The van der Waals surface area contributed by atoms with Crippen molar-refractivity contribution in [3.05, 3.63) is 23.8 Å². The fourth-order valence-electron chi connectivity index (χ4n) is 3.18. The zero-order valence-corrected chi connectivity index (χ0v) is 15.0. The Morgan fingerprint density at radius 1 is 0.800 bits per heavy atom. The van der Waals surface area contributed by atoms with Gasteiger partial charge in [-0.25, -0.2) is 0 Å². The molecule has 1 fully saturated rings. The molecule has 1 aliphatic rings. The molecule has 0 bridgehead atoms. The van der Waals surface area contributed by atoms with Crippen molar-refractivity contribution in [1.29, 1.82) is 0 Å². The van der Waals surface area contributed by atoms with Crippen LogP contribution in [0.15, 0.2) is 18.2 Å². The Balaban J connectivity index is 2.15. The van der Waals surface area contributed by atoms with E-state index in [2.05, 4.69) is 16.0 Å². The van der Waals surface area contributed by atoms with Crippen molar-refractivity contribution >= 4 is 29.1 Å². The molecular weight excluding hydrogens is 318 g/mol. The van der Waals surface area contributed by atoms with Gasteiger partial charge in [0.25, 0.3) is 5.91 Å². The highest BCUT2D eigenvalue weighted by Gasteiger charge is 2.16. The van der Waals surface area contributed by atoms with E-state index in [0.29, 0.717) is 16.9 Å². The van der Waals surface area contributed by atoms with Gasteiger partial charge in [0.1, 0.15) is 0 Å². The number of hydrogen-bond donors (Lipinski definition) is 3. The molecule has 1 aromatic carbocycles. The summed E-state index contributed by atoms with van der Waals surface area (Å²) in [6, 6.07) is 5.08. The molecule has 25 heavy (non-hydrogen) atoms. The fourth-order valence-corrected chi connectivity index (χ4v) is 3.18. The molecule has 0 aliphatic heterocycles. The molecule has 0 unspecified atom stereocenters. The van der Waals surface area contributed by atoms with Crippen LogP contribution in [0.5, 0.6) is 0 Å². The summed E-state index contributed by atoms with van der Waals surface area (Å²) in [5.41, 5.74) is 1.40. The van der Waals surface area contributed by atoms with E-state index in [1.807, 2.05) is 0 Å². The molecule has 0 heterocycles. The summed E-state index contributed by atoms with van der Waals surface area (Å²) >= 11 is 0. The Hall–Kier alpha value is -2.37. The Bertz CT molecular complexity index is 601. The largest absolute Gasteiger partial charge is 0.349 e. The van der Waals surface area contributed by atoms with Crippen LogP contribution >= 0.6 is 0 Å². The van der Waals surface area contributed by atoms with Gasteiger partial charge in [0.15, 0.2) is 0 Å². The highest BCUT2D eigenvalue weighted by atomic mass is 16.2. The topological polar surface area (TPSA) is 87.3 Å². The van der Waals surface area contributed by atoms with Gasteiger partial charge in [-0.1, -0.05) is 32.1 Å². The van der Waals surface area contributed by atoms with Crippen molar-refractivity contribution in [3.8, 4) is 0 Å². The lowest BCUT2D eigenvalue weighted by molar-refractivity contribution is -0.115. The van der Waals surface area contributed by atoms with Gasteiger partial charge >= 0.3 is 0 Å². The zero-order valence-electron chi connectivity index (χ0n) is 15.0. The number of amides is 3. The van der Waals surface area contributed by atoms with E-state index >= 15 is 0 Å². The third-order valence-corrected chi connectivity index (χ3v) is 4.28. The third kappa shape index (κ3) is 6.57. The summed E-state index contributed by atoms with van der Waals surface area (Å²) in [6.45, 7) is 2.80. The summed E-state index contributed by atoms with van der Waals surface area (Å²) in [4.78, 5) is 35.3. The molecule has 6 heteroatoms. The van der Waals surface area contributed by atoms with Crippen LogP contribution in [-0.2, 0) is 9.59 Å². The molecule has 3 amide bonds. The van der Waals surface area contributed by atoms with Gasteiger partial charge in [-0.2, -0.15) is 0 Å². The summed E-state index contributed by atoms with van der Waals surface area (Å²) in [5, 5.41) is 8.43. The number of rotatable bonds is 4. The standard InChI is InChI=1S/C19H27N3O3/c1-13(23)20-17-10-15(11-18(12-17)21-14(2)24)19(25)22-16-8-6-4-3-5-7-9-16/h10-12,16H,3-9H2,1-2H3,(H,20,23)(H,21,24)(H,22,25). The predicted molar refractivity (Wildman–Crippen MR) is 98.6 cm³/mol. The number of nitrogens with one attached hydrogen (secondary N) is 3. The molecule has 1 aromatic rings. The SMILES string of the molecule is CC(=O)Nc1cc(NC(C)=O)cc(C(=O)NC2CCCCCCC2)c1. The van der Waals surface area contributed by atoms with Crippen LogP contribution in [0.1, 0.15) is 69.2 Å². The molecule has 0 aromatic heterocycles. The monoisotopic (exact) mass is 345 g/mol. The van der Waals surface area contributed by atoms with E-state index in [0.717, 1.165) is 25.7 Å². The molecule has 136 valence electrons. The van der Waals surface area contributed by atoms with E-state index in [-0.39, 0.29) is 23.8 Å². The first-order valence-corrected chi connectivity index (χ1v) is 8.95. The first kappa shape index (κ1) is 19.0. The van der Waals surface area contributed by atoms with E-state index in [9.17, 15) is 14.4 Å². The van der Waals surface area contributed by atoms with Gasteiger partial charge in [-0.05, 0) is 31.0 Å². The van der Waals surface area contributed by atoms with Gasteiger partial charge in [-0.15, -0.1) is 0 Å². The fraction of sp³-hybridized carbons (Fsp3) is 0.526. The van der Waals surface area contributed by atoms with Crippen LogP contribution in [0.25, 0.3) is 0 Å². The summed E-state index contributed by atoms with van der Waals surface area (Å²) in [6.07, 6.45) is 7.97. The van der Waals surface area contributed by atoms with Crippen LogP contribution in [-0.4, -0.2) is 23.8 Å². The van der Waals surface area contributed by atoms with E-state index in [4.69, 9.17) is 0 Å². The first-order valence-electron chi connectivity index (χ1n) is 8.95. The Labute approximate surface area is 148 Å². The summed E-state index contributed by atoms with van der Waals surface area (Å²) in [5.74, 6) is -0.637. The minimum atomic E-state index is -0.230. The van der Waals surface area contributed by atoms with E-state index in [1.54, 1.807) is 18.2 Å². The normalized spacial score (nSPS) is 15.6. The van der Waals surface area contributed by atoms with Crippen molar-refractivity contribution in [2.75, 3.05) is 10.6 Å². The van der Waals surface area contributed by atoms with Crippen molar-refractivity contribution < 1.29 is 14.4 Å². The Kier molecular flexibility index (Phi) is 6.98. The number of carbonyl (C=O) groups is 3. The van der Waals surface area contributed by atoms with Gasteiger partial charge in [0.05, 0.1) is 0 Å². The molecule has 6 nitrogen and oxygen atoms in total. The minimum Gasteiger partial charge on any atom is -0.349 e. The minimum absolute atomic E-state index is 0.177. The average Bonchev–Trinajstić information content (AvgIpc) is 2.48. The van der Waals surface area contributed by atoms with Crippen molar-refractivity contribution in [2.45, 2.75) is 64.8 Å². The first-order chi connectivity index (χ1) is 11.9. The number of benzene rings is 1. The average molecular weight is 345 g/mol. The second-order valence-corrected chi connectivity index (χ2v) is 6.68. The quantitative estimate of drug-likeness (QED) is 0.781. The maximum atomic E-state index is 12.7. The summed E-state index contributed by atoms with van der Waals surface area (Å²) in [7, 11) is 0. The maximum Gasteiger partial charge on any atom is 0.251 e. The zero-order chi connectivity index (χ0) is 18.2. The second-order valence-electron chi connectivity index (χ2n) is 6.68. The van der Waals surface area contributed by atoms with Crippen molar-refractivity contribution in [3.63, 3.8) is 0 Å². The van der Waals surface area contributed by atoms with Gasteiger partial charge in [-0.3, -0.25) is 14.4 Å². The van der Waals surface area contributed by atoms with Crippen LogP contribution < -0.4 is 16.0 Å². The van der Waals surface area contributed by atoms with Crippen LogP contribution in [0.3, 0.4) is 0 Å². The smallest absolute Gasteiger partial charge is 0.251 e. The molecule has 0 atom stereocenters.